The lowest BCUT2D eigenvalue weighted by Crippen LogP contribution is -2.44. The highest BCUT2D eigenvalue weighted by molar-refractivity contribution is 9.10. The second-order valence-electron chi connectivity index (χ2n) is 4.73. The summed E-state index contributed by atoms with van der Waals surface area (Å²) in [7, 11) is -3.22. The fourth-order valence-corrected chi connectivity index (χ4v) is 4.38. The minimum Gasteiger partial charge on any atom is -0.480 e. The molecule has 1 N–H and O–H groups in total. The normalized spacial score (nSPS) is 20.1. The van der Waals surface area contributed by atoms with Crippen LogP contribution in [0.15, 0.2) is 22.9 Å². The number of carbonyl (C=O) groups is 2. The summed E-state index contributed by atoms with van der Waals surface area (Å²) in [6, 6.07) is 2.45. The highest BCUT2D eigenvalue weighted by Gasteiger charge is 2.36. The van der Waals surface area contributed by atoms with Crippen LogP contribution in [0.2, 0.25) is 0 Å². The minimum atomic E-state index is -3.22. The molecule has 0 saturated carbocycles. The van der Waals surface area contributed by atoms with Gasteiger partial charge in [-0.1, -0.05) is 0 Å². The van der Waals surface area contributed by atoms with Gasteiger partial charge in [-0.2, -0.15) is 0 Å². The van der Waals surface area contributed by atoms with Crippen molar-refractivity contribution in [2.45, 2.75) is 12.5 Å². The zero-order valence-corrected chi connectivity index (χ0v) is 13.3. The van der Waals surface area contributed by atoms with Crippen LogP contribution in [0, 0.1) is 0 Å². The summed E-state index contributed by atoms with van der Waals surface area (Å²) in [6.45, 7) is -0.541. The van der Waals surface area contributed by atoms with Gasteiger partial charge in [0, 0.05) is 12.2 Å². The Morgan fingerprint density at radius 1 is 1.48 bits per heavy atom. The molecule has 1 aromatic heterocycles. The summed E-state index contributed by atoms with van der Waals surface area (Å²) in [4.78, 5) is 28.5. The first-order chi connectivity index (χ1) is 9.80. The van der Waals surface area contributed by atoms with Gasteiger partial charge in [-0.25, -0.2) is 13.4 Å². The molecule has 0 aliphatic carbocycles. The summed E-state index contributed by atoms with van der Waals surface area (Å²) in [5.41, 5.74) is 0.211. The second kappa shape index (κ2) is 6.10. The predicted molar refractivity (Wildman–Crippen MR) is 77.7 cm³/mol. The Balaban J connectivity index is 2.30. The highest BCUT2D eigenvalue weighted by atomic mass is 79.9. The van der Waals surface area contributed by atoms with Gasteiger partial charge in [0.1, 0.15) is 11.1 Å². The number of hydrogen-bond donors (Lipinski definition) is 1. The SMILES string of the molecule is O=C(O)CN(C(=O)c1cccnc1Br)C1CCS(=O)(=O)C1. The Kier molecular flexibility index (Phi) is 4.62. The number of pyridine rings is 1. The van der Waals surface area contributed by atoms with Gasteiger partial charge in [-0.05, 0) is 34.5 Å². The van der Waals surface area contributed by atoms with Crippen LogP contribution in [-0.2, 0) is 14.6 Å². The van der Waals surface area contributed by atoms with E-state index in [-0.39, 0.29) is 23.5 Å². The number of carboxylic acid groups (broad SMARTS) is 1. The maximum absolute atomic E-state index is 12.5. The van der Waals surface area contributed by atoms with Crippen LogP contribution in [0.3, 0.4) is 0 Å². The molecule has 1 saturated heterocycles. The lowest BCUT2D eigenvalue weighted by Gasteiger charge is -2.26. The van der Waals surface area contributed by atoms with E-state index in [0.717, 1.165) is 4.90 Å². The molecular formula is C12H13BrN2O5S. The number of rotatable bonds is 4. The summed E-state index contributed by atoms with van der Waals surface area (Å²) in [6.07, 6.45) is 1.74. The van der Waals surface area contributed by atoms with Gasteiger partial charge in [0.05, 0.1) is 17.1 Å². The Morgan fingerprint density at radius 2 is 2.19 bits per heavy atom. The third-order valence-corrected chi connectivity index (χ3v) is 5.59. The average molecular weight is 377 g/mol. The topological polar surface area (TPSA) is 105 Å². The molecule has 0 spiro atoms. The predicted octanol–water partition coefficient (Wildman–Crippen LogP) is 0.558. The molecule has 21 heavy (non-hydrogen) atoms. The van der Waals surface area contributed by atoms with E-state index < -0.39 is 34.3 Å². The van der Waals surface area contributed by atoms with E-state index in [1.165, 1.54) is 12.3 Å². The average Bonchev–Trinajstić information content (AvgIpc) is 2.76. The van der Waals surface area contributed by atoms with Gasteiger partial charge in [-0.15, -0.1) is 0 Å². The molecule has 114 valence electrons. The summed E-state index contributed by atoms with van der Waals surface area (Å²) >= 11 is 3.14. The Labute approximate surface area is 130 Å². The van der Waals surface area contributed by atoms with Crippen molar-refractivity contribution >= 4 is 37.6 Å². The van der Waals surface area contributed by atoms with E-state index in [0.29, 0.717) is 4.60 Å². The smallest absolute Gasteiger partial charge is 0.323 e. The number of aliphatic carboxylic acids is 1. The number of carboxylic acids is 1. The molecule has 9 heteroatoms. The highest BCUT2D eigenvalue weighted by Crippen LogP contribution is 2.22. The third-order valence-electron chi connectivity index (χ3n) is 3.21. The van der Waals surface area contributed by atoms with Crippen molar-refractivity contribution in [1.82, 2.24) is 9.88 Å². The molecule has 1 aromatic rings. The molecule has 2 rings (SSSR count). The number of hydrogen-bond acceptors (Lipinski definition) is 5. The van der Waals surface area contributed by atoms with Crippen LogP contribution < -0.4 is 0 Å². The van der Waals surface area contributed by atoms with E-state index in [2.05, 4.69) is 20.9 Å². The zero-order valence-electron chi connectivity index (χ0n) is 10.9. The van der Waals surface area contributed by atoms with Crippen molar-refractivity contribution < 1.29 is 23.1 Å². The standard InChI is InChI=1S/C12H13BrN2O5S/c13-11-9(2-1-4-14-11)12(18)15(6-10(16)17)8-3-5-21(19,20)7-8/h1-2,4,8H,3,5-7H2,(H,16,17). The van der Waals surface area contributed by atoms with Crippen molar-refractivity contribution in [2.75, 3.05) is 18.1 Å². The van der Waals surface area contributed by atoms with Crippen LogP contribution in [0.4, 0.5) is 0 Å². The van der Waals surface area contributed by atoms with Crippen LogP contribution in [-0.4, -0.2) is 59.4 Å². The van der Waals surface area contributed by atoms with Crippen LogP contribution in [0.5, 0.6) is 0 Å². The number of carbonyl (C=O) groups excluding carboxylic acids is 1. The van der Waals surface area contributed by atoms with Crippen molar-refractivity contribution in [3.8, 4) is 0 Å². The van der Waals surface area contributed by atoms with Gasteiger partial charge in [0.15, 0.2) is 9.84 Å². The number of sulfone groups is 1. The molecule has 0 radical (unpaired) electrons. The van der Waals surface area contributed by atoms with Crippen molar-refractivity contribution in [1.29, 1.82) is 0 Å². The fourth-order valence-electron chi connectivity index (χ4n) is 2.23. The summed E-state index contributed by atoms with van der Waals surface area (Å²) < 4.78 is 23.4. The second-order valence-corrected chi connectivity index (χ2v) is 7.71. The largest absolute Gasteiger partial charge is 0.480 e. The van der Waals surface area contributed by atoms with E-state index in [1.807, 2.05) is 0 Å². The molecule has 1 aliphatic heterocycles. The molecule has 1 aliphatic rings. The Bertz CT molecular complexity index is 676. The summed E-state index contributed by atoms with van der Waals surface area (Å²) in [5, 5.41) is 8.97. The van der Waals surface area contributed by atoms with Crippen LogP contribution in [0.25, 0.3) is 0 Å². The van der Waals surface area contributed by atoms with Gasteiger partial charge in [0.25, 0.3) is 5.91 Å². The summed E-state index contributed by atoms with van der Waals surface area (Å²) in [5.74, 6) is -1.97. The van der Waals surface area contributed by atoms with E-state index in [4.69, 9.17) is 5.11 Å². The number of halogens is 1. The molecule has 1 fully saturated rings. The fraction of sp³-hybridized carbons (Fsp3) is 0.417. The maximum Gasteiger partial charge on any atom is 0.323 e. The van der Waals surface area contributed by atoms with E-state index >= 15 is 0 Å². The molecule has 7 nitrogen and oxygen atoms in total. The minimum absolute atomic E-state index is 0.0325. The number of aromatic nitrogens is 1. The molecule has 1 atom stereocenters. The van der Waals surface area contributed by atoms with Crippen LogP contribution in [0.1, 0.15) is 16.8 Å². The molecule has 1 amide bonds. The molecule has 0 bridgehead atoms. The van der Waals surface area contributed by atoms with Crippen LogP contribution >= 0.6 is 15.9 Å². The first-order valence-electron chi connectivity index (χ1n) is 6.14. The lowest BCUT2D eigenvalue weighted by molar-refractivity contribution is -0.138. The molecule has 2 heterocycles. The maximum atomic E-state index is 12.5. The van der Waals surface area contributed by atoms with Gasteiger partial charge in [0.2, 0.25) is 0 Å². The van der Waals surface area contributed by atoms with Crippen molar-refractivity contribution in [3.05, 3.63) is 28.5 Å². The first kappa shape index (κ1) is 15.9. The van der Waals surface area contributed by atoms with Gasteiger partial charge < -0.3 is 10.0 Å². The van der Waals surface area contributed by atoms with Crippen molar-refractivity contribution in [2.24, 2.45) is 0 Å². The Morgan fingerprint density at radius 3 is 2.71 bits per heavy atom. The zero-order chi connectivity index (χ0) is 15.6. The molecule has 1 unspecified atom stereocenters. The van der Waals surface area contributed by atoms with E-state index in [1.54, 1.807) is 6.07 Å². The number of nitrogens with zero attached hydrogens (tertiary/aromatic N) is 2. The third kappa shape index (κ3) is 3.79. The van der Waals surface area contributed by atoms with Gasteiger partial charge in [-0.3, -0.25) is 9.59 Å². The monoisotopic (exact) mass is 376 g/mol. The lowest BCUT2D eigenvalue weighted by atomic mass is 10.1. The molecule has 0 aromatic carbocycles. The Hall–Kier alpha value is -1.48. The van der Waals surface area contributed by atoms with Gasteiger partial charge >= 0.3 is 5.97 Å². The van der Waals surface area contributed by atoms with Crippen molar-refractivity contribution in [3.63, 3.8) is 0 Å². The molecular weight excluding hydrogens is 364 g/mol. The number of amides is 1. The van der Waals surface area contributed by atoms with E-state index in [9.17, 15) is 18.0 Å². The first-order valence-corrected chi connectivity index (χ1v) is 8.75. The quantitative estimate of drug-likeness (QED) is 0.769.